The zero-order valence-electron chi connectivity index (χ0n) is 17.3. The molecule has 2 rings (SSSR count). The zero-order valence-corrected chi connectivity index (χ0v) is 18.1. The van der Waals surface area contributed by atoms with Gasteiger partial charge in [-0.2, -0.15) is 4.31 Å². The molecule has 1 aromatic heterocycles. The van der Waals surface area contributed by atoms with Crippen LogP contribution in [0.3, 0.4) is 0 Å². The number of hydrogen-bond acceptors (Lipinski definition) is 8. The molecule has 1 aromatic carbocycles. The predicted molar refractivity (Wildman–Crippen MR) is 118 cm³/mol. The van der Waals surface area contributed by atoms with Crippen LogP contribution < -0.4 is 22.1 Å². The van der Waals surface area contributed by atoms with E-state index in [4.69, 9.17) is 16.2 Å². The summed E-state index contributed by atoms with van der Waals surface area (Å²) in [5.74, 6) is 0.260. The molecule has 0 atom stereocenters. The lowest BCUT2D eigenvalue weighted by Gasteiger charge is -2.18. The molecule has 0 fully saturated rings. The molecule has 6 N–H and O–H groups in total. The standard InChI is InChI=1S/C19H28N6O4S/c1-4-25(5-2)30(27,28)14-9-7-13(8-10-14)12-22-15-11-16(23-18(21)17(15)20)24-19(26)29-6-3/h7-11H,4-6,12,20H2,1-3H3,(H4,21,22,23,24,26). The van der Waals surface area contributed by atoms with E-state index in [1.54, 1.807) is 51.1 Å². The summed E-state index contributed by atoms with van der Waals surface area (Å²) in [6.07, 6.45) is -0.648. The van der Waals surface area contributed by atoms with E-state index in [0.29, 0.717) is 25.3 Å². The van der Waals surface area contributed by atoms with Gasteiger partial charge in [-0.05, 0) is 24.6 Å². The van der Waals surface area contributed by atoms with Crippen LogP contribution in [0.2, 0.25) is 0 Å². The number of nitrogens with one attached hydrogen (secondary N) is 2. The van der Waals surface area contributed by atoms with Crippen LogP contribution in [0.4, 0.5) is 27.8 Å². The lowest BCUT2D eigenvalue weighted by molar-refractivity contribution is 0.168. The minimum Gasteiger partial charge on any atom is -0.450 e. The first-order chi connectivity index (χ1) is 14.2. The average molecular weight is 437 g/mol. The van der Waals surface area contributed by atoms with E-state index >= 15 is 0 Å². The minimum absolute atomic E-state index is 0.0625. The van der Waals surface area contributed by atoms with Crippen LogP contribution in [0, 0.1) is 0 Å². The smallest absolute Gasteiger partial charge is 0.412 e. The van der Waals surface area contributed by atoms with Crippen LogP contribution in [0.25, 0.3) is 0 Å². The van der Waals surface area contributed by atoms with Crippen molar-refractivity contribution in [3.63, 3.8) is 0 Å². The quantitative estimate of drug-likeness (QED) is 0.467. The van der Waals surface area contributed by atoms with Gasteiger partial charge < -0.3 is 21.5 Å². The number of rotatable bonds is 9. The summed E-state index contributed by atoms with van der Waals surface area (Å²) >= 11 is 0. The Kier molecular flexibility index (Phi) is 7.84. The SMILES string of the molecule is CCOC(=O)Nc1cc(NCc2ccc(S(=O)(=O)N(CC)CC)cc2)c(N)c(N)n1. The molecule has 0 saturated heterocycles. The van der Waals surface area contributed by atoms with Gasteiger partial charge in [0.1, 0.15) is 5.82 Å². The van der Waals surface area contributed by atoms with E-state index in [0.717, 1.165) is 5.56 Å². The summed E-state index contributed by atoms with van der Waals surface area (Å²) < 4.78 is 31.4. The van der Waals surface area contributed by atoms with Crippen LogP contribution in [0.15, 0.2) is 35.2 Å². The van der Waals surface area contributed by atoms with Crippen molar-refractivity contribution in [2.45, 2.75) is 32.2 Å². The number of ether oxygens (including phenoxy) is 1. The maximum Gasteiger partial charge on any atom is 0.412 e. The van der Waals surface area contributed by atoms with Crippen LogP contribution >= 0.6 is 0 Å². The highest BCUT2D eigenvalue weighted by Crippen LogP contribution is 2.27. The molecule has 0 radical (unpaired) electrons. The number of amides is 1. The Bertz CT molecular complexity index is 975. The largest absolute Gasteiger partial charge is 0.450 e. The fourth-order valence-corrected chi connectivity index (χ4v) is 4.20. The number of aromatic nitrogens is 1. The fourth-order valence-electron chi connectivity index (χ4n) is 2.75. The van der Waals surface area contributed by atoms with Crippen molar-refractivity contribution in [1.82, 2.24) is 9.29 Å². The highest BCUT2D eigenvalue weighted by atomic mass is 32.2. The lowest BCUT2D eigenvalue weighted by Crippen LogP contribution is -2.30. The van der Waals surface area contributed by atoms with Crippen LogP contribution in [-0.4, -0.2) is 43.5 Å². The first-order valence-electron chi connectivity index (χ1n) is 9.55. The van der Waals surface area contributed by atoms with Gasteiger partial charge in [-0.1, -0.05) is 26.0 Å². The van der Waals surface area contributed by atoms with Crippen molar-refractivity contribution >= 4 is 39.1 Å². The molecule has 0 aliphatic carbocycles. The summed E-state index contributed by atoms with van der Waals surface area (Å²) in [6, 6.07) is 8.14. The average Bonchev–Trinajstić information content (AvgIpc) is 2.70. The van der Waals surface area contributed by atoms with Gasteiger partial charge in [0.05, 0.1) is 22.9 Å². The van der Waals surface area contributed by atoms with E-state index in [1.165, 1.54) is 4.31 Å². The molecule has 1 amide bonds. The lowest BCUT2D eigenvalue weighted by atomic mass is 10.2. The van der Waals surface area contributed by atoms with Crippen molar-refractivity contribution in [3.8, 4) is 0 Å². The number of pyridine rings is 1. The number of anilines is 4. The number of nitrogen functional groups attached to an aromatic ring is 2. The van der Waals surface area contributed by atoms with Crippen LogP contribution in [-0.2, 0) is 21.3 Å². The number of hydrogen-bond donors (Lipinski definition) is 4. The van der Waals surface area contributed by atoms with Crippen molar-refractivity contribution in [1.29, 1.82) is 0 Å². The van der Waals surface area contributed by atoms with Gasteiger partial charge in [0.2, 0.25) is 10.0 Å². The Hall–Kier alpha value is -3.05. The maximum atomic E-state index is 12.6. The number of sulfonamides is 1. The Morgan fingerprint density at radius 1 is 1.13 bits per heavy atom. The number of carbonyl (C=O) groups is 1. The van der Waals surface area contributed by atoms with E-state index in [9.17, 15) is 13.2 Å². The van der Waals surface area contributed by atoms with Gasteiger partial charge in [-0.15, -0.1) is 0 Å². The second-order valence-corrected chi connectivity index (χ2v) is 8.22. The summed E-state index contributed by atoms with van der Waals surface area (Å²) in [6.45, 7) is 6.69. The first-order valence-corrected chi connectivity index (χ1v) is 11.0. The van der Waals surface area contributed by atoms with E-state index in [-0.39, 0.29) is 28.8 Å². The Balaban J connectivity index is 2.13. The molecule has 0 aliphatic rings. The first kappa shape index (κ1) is 23.2. The number of nitrogens with zero attached hydrogens (tertiary/aromatic N) is 2. The Morgan fingerprint density at radius 2 is 1.77 bits per heavy atom. The maximum absolute atomic E-state index is 12.6. The van der Waals surface area contributed by atoms with Gasteiger partial charge in [0, 0.05) is 25.7 Å². The Labute approximate surface area is 176 Å². The van der Waals surface area contributed by atoms with Crippen LogP contribution in [0.5, 0.6) is 0 Å². The molecule has 0 bridgehead atoms. The third kappa shape index (κ3) is 5.51. The number of nitrogens with two attached hydrogens (primary N) is 2. The molecule has 2 aromatic rings. The minimum atomic E-state index is -3.50. The molecule has 164 valence electrons. The van der Waals surface area contributed by atoms with E-state index in [2.05, 4.69) is 15.6 Å². The molecule has 0 unspecified atom stereocenters. The number of benzene rings is 1. The summed E-state index contributed by atoms with van der Waals surface area (Å²) in [7, 11) is -3.50. The van der Waals surface area contributed by atoms with Gasteiger partial charge in [-0.3, -0.25) is 5.32 Å². The number of carbonyl (C=O) groups excluding carboxylic acids is 1. The second-order valence-electron chi connectivity index (χ2n) is 6.29. The van der Waals surface area contributed by atoms with Gasteiger partial charge in [0.25, 0.3) is 0 Å². The molecular weight excluding hydrogens is 408 g/mol. The highest BCUT2D eigenvalue weighted by Gasteiger charge is 2.21. The van der Waals surface area contributed by atoms with Gasteiger partial charge in [0.15, 0.2) is 5.82 Å². The Morgan fingerprint density at radius 3 is 2.33 bits per heavy atom. The second kappa shape index (κ2) is 10.1. The highest BCUT2D eigenvalue weighted by molar-refractivity contribution is 7.89. The molecule has 10 nitrogen and oxygen atoms in total. The van der Waals surface area contributed by atoms with Crippen molar-refractivity contribution < 1.29 is 17.9 Å². The molecule has 0 aliphatic heterocycles. The van der Waals surface area contributed by atoms with Gasteiger partial charge in [-0.25, -0.2) is 18.2 Å². The van der Waals surface area contributed by atoms with Crippen LogP contribution in [0.1, 0.15) is 26.3 Å². The van der Waals surface area contributed by atoms with E-state index in [1.807, 2.05) is 0 Å². The molecule has 0 saturated carbocycles. The normalized spacial score (nSPS) is 11.3. The third-order valence-electron chi connectivity index (χ3n) is 4.34. The molecule has 0 spiro atoms. The van der Waals surface area contributed by atoms with Crippen molar-refractivity contribution in [3.05, 3.63) is 35.9 Å². The third-order valence-corrected chi connectivity index (χ3v) is 6.41. The topological polar surface area (TPSA) is 153 Å². The van der Waals surface area contributed by atoms with E-state index < -0.39 is 16.1 Å². The van der Waals surface area contributed by atoms with Crippen molar-refractivity contribution in [2.75, 3.05) is 41.8 Å². The fraction of sp³-hybridized carbons (Fsp3) is 0.368. The molecule has 11 heteroatoms. The molecule has 30 heavy (non-hydrogen) atoms. The summed E-state index contributed by atoms with van der Waals surface area (Å²) in [4.78, 5) is 15.8. The summed E-state index contributed by atoms with van der Waals surface area (Å²) in [5.41, 5.74) is 13.4. The molecule has 1 heterocycles. The van der Waals surface area contributed by atoms with Gasteiger partial charge >= 0.3 is 6.09 Å². The van der Waals surface area contributed by atoms with Crippen molar-refractivity contribution in [2.24, 2.45) is 0 Å². The molecular formula is C19H28N6O4S. The predicted octanol–water partition coefficient (Wildman–Crippen LogP) is 2.46. The summed E-state index contributed by atoms with van der Waals surface area (Å²) in [5, 5.41) is 5.60. The zero-order chi connectivity index (χ0) is 22.3. The monoisotopic (exact) mass is 436 g/mol.